The van der Waals surface area contributed by atoms with Gasteiger partial charge in [-0.25, -0.2) is 4.98 Å². The van der Waals surface area contributed by atoms with Crippen LogP contribution in [0.2, 0.25) is 0 Å². The number of aryl methyl sites for hydroxylation is 1. The fourth-order valence-corrected chi connectivity index (χ4v) is 3.47. The van der Waals surface area contributed by atoms with Gasteiger partial charge in [-0.15, -0.1) is 0 Å². The van der Waals surface area contributed by atoms with E-state index in [1.54, 1.807) is 12.4 Å². The number of aromatic nitrogens is 4. The molecule has 3 aromatic rings. The maximum Gasteiger partial charge on any atom is 0.223 e. The summed E-state index contributed by atoms with van der Waals surface area (Å²) in [6.07, 6.45) is 8.41. The predicted octanol–water partition coefficient (Wildman–Crippen LogP) is 2.69. The number of hydrogen-bond acceptors (Lipinski definition) is 4. The van der Waals surface area contributed by atoms with Crippen molar-refractivity contribution in [3.63, 3.8) is 0 Å². The van der Waals surface area contributed by atoms with Crippen molar-refractivity contribution in [3.8, 4) is 0 Å². The minimum absolute atomic E-state index is 0.189. The van der Waals surface area contributed by atoms with Gasteiger partial charge in [-0.1, -0.05) is 12.1 Å². The van der Waals surface area contributed by atoms with Crippen LogP contribution in [0.4, 0.5) is 0 Å². The topological polar surface area (TPSA) is 74.8 Å². The number of carbonyl (C=O) groups excluding carboxylic acids is 1. The SMILES string of the molecule is O=C(CCc1nc2ccccc2[nH]1)N1CCCC(c2cnccn2)C1. The van der Waals surface area contributed by atoms with E-state index in [1.807, 2.05) is 35.4 Å². The van der Waals surface area contributed by atoms with E-state index in [1.165, 1.54) is 0 Å². The Labute approximate surface area is 146 Å². The first-order valence-corrected chi connectivity index (χ1v) is 8.77. The van der Waals surface area contributed by atoms with Crippen LogP contribution in [0.3, 0.4) is 0 Å². The van der Waals surface area contributed by atoms with Crippen LogP contribution < -0.4 is 0 Å². The van der Waals surface area contributed by atoms with Crippen molar-refractivity contribution < 1.29 is 4.79 Å². The summed E-state index contributed by atoms with van der Waals surface area (Å²) in [4.78, 5) is 31.0. The Bertz CT molecular complexity index is 827. The fourth-order valence-electron chi connectivity index (χ4n) is 3.47. The molecule has 25 heavy (non-hydrogen) atoms. The van der Waals surface area contributed by atoms with Crippen LogP contribution in [0.15, 0.2) is 42.9 Å². The number of amides is 1. The molecular formula is C19H21N5O. The molecule has 1 N–H and O–H groups in total. The highest BCUT2D eigenvalue weighted by atomic mass is 16.2. The van der Waals surface area contributed by atoms with Crippen molar-refractivity contribution in [1.29, 1.82) is 0 Å². The third-order valence-electron chi connectivity index (χ3n) is 4.79. The molecule has 4 rings (SSSR count). The van der Waals surface area contributed by atoms with Gasteiger partial charge in [-0.05, 0) is 25.0 Å². The highest BCUT2D eigenvalue weighted by Gasteiger charge is 2.25. The molecule has 0 spiro atoms. The lowest BCUT2D eigenvalue weighted by molar-refractivity contribution is -0.132. The van der Waals surface area contributed by atoms with Gasteiger partial charge in [0, 0.05) is 50.4 Å². The largest absolute Gasteiger partial charge is 0.342 e. The molecule has 2 aromatic heterocycles. The van der Waals surface area contributed by atoms with Crippen molar-refractivity contribution in [3.05, 3.63) is 54.4 Å². The molecule has 0 aliphatic carbocycles. The average molecular weight is 335 g/mol. The lowest BCUT2D eigenvalue weighted by atomic mass is 9.94. The summed E-state index contributed by atoms with van der Waals surface area (Å²) in [6, 6.07) is 7.94. The van der Waals surface area contributed by atoms with Crippen molar-refractivity contribution in [1.82, 2.24) is 24.8 Å². The van der Waals surface area contributed by atoms with E-state index in [0.717, 1.165) is 48.5 Å². The number of likely N-dealkylation sites (tertiary alicyclic amines) is 1. The molecule has 1 atom stereocenters. The zero-order chi connectivity index (χ0) is 17.1. The van der Waals surface area contributed by atoms with Crippen molar-refractivity contribution >= 4 is 16.9 Å². The molecule has 3 heterocycles. The van der Waals surface area contributed by atoms with Gasteiger partial charge in [0.05, 0.1) is 16.7 Å². The smallest absolute Gasteiger partial charge is 0.223 e. The number of hydrogen-bond donors (Lipinski definition) is 1. The Morgan fingerprint density at radius 2 is 2.20 bits per heavy atom. The summed E-state index contributed by atoms with van der Waals surface area (Å²) in [7, 11) is 0. The summed E-state index contributed by atoms with van der Waals surface area (Å²) < 4.78 is 0. The normalized spacial score (nSPS) is 17.8. The summed E-state index contributed by atoms with van der Waals surface area (Å²) in [5, 5.41) is 0. The van der Waals surface area contributed by atoms with Crippen molar-refractivity contribution in [2.75, 3.05) is 13.1 Å². The number of carbonyl (C=O) groups is 1. The molecule has 1 aromatic carbocycles. The van der Waals surface area contributed by atoms with Gasteiger partial charge in [0.2, 0.25) is 5.91 Å². The summed E-state index contributed by atoms with van der Waals surface area (Å²) in [5.74, 6) is 1.35. The maximum absolute atomic E-state index is 12.6. The highest BCUT2D eigenvalue weighted by molar-refractivity contribution is 5.77. The molecule has 1 amide bonds. The number of imidazole rings is 1. The molecule has 6 heteroatoms. The average Bonchev–Trinajstić information content (AvgIpc) is 3.10. The van der Waals surface area contributed by atoms with Gasteiger partial charge in [-0.2, -0.15) is 0 Å². The lowest BCUT2D eigenvalue weighted by Gasteiger charge is -2.32. The van der Waals surface area contributed by atoms with E-state index in [-0.39, 0.29) is 11.8 Å². The van der Waals surface area contributed by atoms with Crippen LogP contribution >= 0.6 is 0 Å². The van der Waals surface area contributed by atoms with E-state index in [4.69, 9.17) is 0 Å². The van der Waals surface area contributed by atoms with Crippen LogP contribution in [0, 0.1) is 0 Å². The molecule has 0 saturated carbocycles. The number of benzene rings is 1. The third-order valence-corrected chi connectivity index (χ3v) is 4.79. The van der Waals surface area contributed by atoms with Gasteiger partial charge in [-0.3, -0.25) is 14.8 Å². The minimum Gasteiger partial charge on any atom is -0.342 e. The fraction of sp³-hybridized carbons (Fsp3) is 0.368. The van der Waals surface area contributed by atoms with E-state index < -0.39 is 0 Å². The van der Waals surface area contributed by atoms with Crippen LogP contribution in [0.1, 0.15) is 36.7 Å². The summed E-state index contributed by atoms with van der Waals surface area (Å²) in [6.45, 7) is 1.56. The number of para-hydroxylation sites is 2. The Morgan fingerprint density at radius 1 is 1.28 bits per heavy atom. The molecule has 1 aliphatic rings. The molecule has 1 aliphatic heterocycles. The second-order valence-corrected chi connectivity index (χ2v) is 6.51. The van der Waals surface area contributed by atoms with Crippen LogP contribution in [-0.2, 0) is 11.2 Å². The standard InChI is InChI=1S/C19H21N5O/c25-19(8-7-18-22-15-5-1-2-6-16(15)23-18)24-11-3-4-14(13-24)17-12-20-9-10-21-17/h1-2,5-6,9-10,12,14H,3-4,7-8,11,13H2,(H,22,23). The van der Waals surface area contributed by atoms with Gasteiger partial charge < -0.3 is 9.88 Å². The van der Waals surface area contributed by atoms with Gasteiger partial charge >= 0.3 is 0 Å². The molecule has 0 bridgehead atoms. The Morgan fingerprint density at radius 3 is 3.04 bits per heavy atom. The molecule has 6 nitrogen and oxygen atoms in total. The molecular weight excluding hydrogens is 314 g/mol. The monoisotopic (exact) mass is 335 g/mol. The van der Waals surface area contributed by atoms with Crippen LogP contribution in [-0.4, -0.2) is 43.8 Å². The first-order chi connectivity index (χ1) is 12.3. The van der Waals surface area contributed by atoms with E-state index in [0.29, 0.717) is 12.8 Å². The lowest BCUT2D eigenvalue weighted by Crippen LogP contribution is -2.39. The van der Waals surface area contributed by atoms with E-state index >= 15 is 0 Å². The Balaban J connectivity index is 1.37. The highest BCUT2D eigenvalue weighted by Crippen LogP contribution is 2.25. The summed E-state index contributed by atoms with van der Waals surface area (Å²) >= 11 is 0. The Hall–Kier alpha value is -2.76. The number of piperidine rings is 1. The number of rotatable bonds is 4. The number of fused-ring (bicyclic) bond motifs is 1. The molecule has 0 radical (unpaired) electrons. The summed E-state index contributed by atoms with van der Waals surface area (Å²) in [5.41, 5.74) is 2.95. The number of nitrogens with one attached hydrogen (secondary N) is 1. The molecule has 1 saturated heterocycles. The number of nitrogens with zero attached hydrogens (tertiary/aromatic N) is 4. The second-order valence-electron chi connectivity index (χ2n) is 6.51. The molecule has 1 unspecified atom stereocenters. The van der Waals surface area contributed by atoms with Gasteiger partial charge in [0.25, 0.3) is 0 Å². The van der Waals surface area contributed by atoms with Gasteiger partial charge in [0.1, 0.15) is 5.82 Å². The minimum atomic E-state index is 0.189. The van der Waals surface area contributed by atoms with E-state index in [2.05, 4.69) is 19.9 Å². The zero-order valence-electron chi connectivity index (χ0n) is 14.1. The van der Waals surface area contributed by atoms with E-state index in [9.17, 15) is 4.79 Å². The zero-order valence-corrected chi connectivity index (χ0v) is 14.1. The number of aromatic amines is 1. The van der Waals surface area contributed by atoms with Crippen LogP contribution in [0.25, 0.3) is 11.0 Å². The first-order valence-electron chi connectivity index (χ1n) is 8.77. The third kappa shape index (κ3) is 3.52. The quantitative estimate of drug-likeness (QED) is 0.795. The second kappa shape index (κ2) is 7.01. The first kappa shape index (κ1) is 15.7. The van der Waals surface area contributed by atoms with Crippen molar-refractivity contribution in [2.24, 2.45) is 0 Å². The van der Waals surface area contributed by atoms with Crippen LogP contribution in [0.5, 0.6) is 0 Å². The molecule has 128 valence electrons. The predicted molar refractivity (Wildman–Crippen MR) is 95.0 cm³/mol. The molecule has 1 fully saturated rings. The Kier molecular flexibility index (Phi) is 4.41. The van der Waals surface area contributed by atoms with Gasteiger partial charge in [0.15, 0.2) is 0 Å². The number of H-pyrrole nitrogens is 1. The maximum atomic E-state index is 12.6. The van der Waals surface area contributed by atoms with Crippen molar-refractivity contribution in [2.45, 2.75) is 31.6 Å².